The van der Waals surface area contributed by atoms with Gasteiger partial charge in [0.1, 0.15) is 0 Å². The fourth-order valence-corrected chi connectivity index (χ4v) is 3.34. The number of hydrogen-bond donors (Lipinski definition) is 2. The predicted octanol–water partition coefficient (Wildman–Crippen LogP) is 2.55. The topological polar surface area (TPSA) is 75.4 Å². The van der Waals surface area contributed by atoms with Crippen molar-refractivity contribution in [1.82, 2.24) is 10.2 Å². The van der Waals surface area contributed by atoms with Gasteiger partial charge in [-0.25, -0.2) is 4.79 Å². The van der Waals surface area contributed by atoms with Crippen LogP contribution in [-0.4, -0.2) is 36.5 Å². The number of nitrogens with two attached hydrogens (primary N) is 1. The first kappa shape index (κ1) is 18.3. The van der Waals surface area contributed by atoms with Crippen LogP contribution < -0.4 is 11.1 Å². The van der Waals surface area contributed by atoms with Crippen LogP contribution in [0.1, 0.15) is 38.7 Å². The summed E-state index contributed by atoms with van der Waals surface area (Å²) in [5.41, 5.74) is 6.54. The second kappa shape index (κ2) is 8.18. The van der Waals surface area contributed by atoms with E-state index in [4.69, 9.17) is 5.73 Å². The largest absolute Gasteiger partial charge is 0.370 e. The van der Waals surface area contributed by atoms with Gasteiger partial charge in [-0.3, -0.25) is 4.79 Å². The van der Waals surface area contributed by atoms with E-state index in [0.29, 0.717) is 19.5 Å². The van der Waals surface area contributed by atoms with E-state index in [0.717, 1.165) is 25.8 Å². The maximum atomic E-state index is 12.4. The third-order valence-corrected chi connectivity index (χ3v) is 4.54. The van der Waals surface area contributed by atoms with Crippen molar-refractivity contribution in [3.63, 3.8) is 0 Å². The highest BCUT2D eigenvalue weighted by atomic mass is 16.2. The van der Waals surface area contributed by atoms with Crippen molar-refractivity contribution >= 4 is 11.9 Å². The minimum atomic E-state index is -0.286. The summed E-state index contributed by atoms with van der Waals surface area (Å²) in [6.45, 7) is 6.31. The molecule has 0 bridgehead atoms. The monoisotopic (exact) mass is 331 g/mol. The summed E-state index contributed by atoms with van der Waals surface area (Å²) < 4.78 is 0. The Bertz CT molecular complexity index is 557. The molecule has 0 spiro atoms. The van der Waals surface area contributed by atoms with Crippen molar-refractivity contribution in [1.29, 1.82) is 0 Å². The highest BCUT2D eigenvalue weighted by molar-refractivity contribution is 5.75. The van der Waals surface area contributed by atoms with Crippen LogP contribution >= 0.6 is 0 Å². The highest BCUT2D eigenvalue weighted by Crippen LogP contribution is 2.22. The van der Waals surface area contributed by atoms with Crippen molar-refractivity contribution in [3.8, 4) is 0 Å². The summed E-state index contributed by atoms with van der Waals surface area (Å²) in [5, 5.41) is 3.06. The van der Waals surface area contributed by atoms with E-state index in [1.54, 1.807) is 0 Å². The van der Waals surface area contributed by atoms with Gasteiger partial charge in [0.15, 0.2) is 0 Å². The molecule has 1 unspecified atom stereocenters. The average Bonchev–Trinajstić information content (AvgIpc) is 2.53. The molecule has 1 aromatic carbocycles. The van der Waals surface area contributed by atoms with Crippen LogP contribution in [0.15, 0.2) is 30.3 Å². The van der Waals surface area contributed by atoms with Crippen molar-refractivity contribution in [2.45, 2.75) is 39.5 Å². The van der Waals surface area contributed by atoms with Gasteiger partial charge in [0.05, 0.1) is 0 Å². The van der Waals surface area contributed by atoms with Gasteiger partial charge >= 0.3 is 6.03 Å². The van der Waals surface area contributed by atoms with Crippen LogP contribution in [0.4, 0.5) is 4.79 Å². The summed E-state index contributed by atoms with van der Waals surface area (Å²) >= 11 is 0. The number of urea groups is 1. The lowest BCUT2D eigenvalue weighted by Crippen LogP contribution is -2.48. The molecule has 5 nitrogen and oxygen atoms in total. The minimum absolute atomic E-state index is 0.0145. The Hall–Kier alpha value is -2.04. The molecule has 1 fully saturated rings. The predicted molar refractivity (Wildman–Crippen MR) is 95.4 cm³/mol. The summed E-state index contributed by atoms with van der Waals surface area (Å²) in [7, 11) is 0. The number of nitrogens with one attached hydrogen (secondary N) is 1. The lowest BCUT2D eigenvalue weighted by Gasteiger charge is -2.33. The standard InChI is InChI=1S/C19H29N3O2/c1-19(2,12-15-7-4-3-5-8-15)14-21-18(24)22-10-6-9-16(13-22)11-17(20)23/h3-5,7-8,16H,6,9-14H2,1-2H3,(H2,20,23)(H,21,24). The number of carbonyl (C=O) groups excluding carboxylic acids is 2. The number of rotatable bonds is 6. The molecule has 0 aromatic heterocycles. The number of carbonyl (C=O) groups is 2. The normalized spacial score (nSPS) is 18.2. The van der Waals surface area contributed by atoms with Crippen LogP contribution in [0, 0.1) is 11.3 Å². The molecular weight excluding hydrogens is 302 g/mol. The molecule has 1 aliphatic rings. The van der Waals surface area contributed by atoms with Crippen LogP contribution in [0.3, 0.4) is 0 Å². The number of amides is 3. The highest BCUT2D eigenvalue weighted by Gasteiger charge is 2.26. The van der Waals surface area contributed by atoms with Crippen molar-refractivity contribution in [2.24, 2.45) is 17.1 Å². The molecule has 0 saturated carbocycles. The number of primary amides is 1. The molecule has 3 amide bonds. The first-order chi connectivity index (χ1) is 11.4. The lowest BCUT2D eigenvalue weighted by atomic mass is 9.86. The zero-order chi connectivity index (χ0) is 17.6. The molecular formula is C19H29N3O2. The maximum Gasteiger partial charge on any atom is 0.317 e. The molecule has 2 rings (SSSR count). The van der Waals surface area contributed by atoms with Gasteiger partial charge in [-0.15, -0.1) is 0 Å². The molecule has 0 aliphatic carbocycles. The quantitative estimate of drug-likeness (QED) is 0.840. The van der Waals surface area contributed by atoms with Gasteiger partial charge in [-0.1, -0.05) is 44.2 Å². The fourth-order valence-electron chi connectivity index (χ4n) is 3.34. The molecule has 1 saturated heterocycles. The van der Waals surface area contributed by atoms with E-state index < -0.39 is 0 Å². The Morgan fingerprint density at radius 1 is 1.29 bits per heavy atom. The zero-order valence-corrected chi connectivity index (χ0v) is 14.8. The van der Waals surface area contributed by atoms with Gasteiger partial charge in [-0.05, 0) is 36.2 Å². The average molecular weight is 331 g/mol. The third-order valence-electron chi connectivity index (χ3n) is 4.54. The lowest BCUT2D eigenvalue weighted by molar-refractivity contribution is -0.119. The number of hydrogen-bond acceptors (Lipinski definition) is 2. The van der Waals surface area contributed by atoms with E-state index in [1.165, 1.54) is 5.56 Å². The Balaban J connectivity index is 1.82. The van der Waals surface area contributed by atoms with Gasteiger partial charge < -0.3 is 16.0 Å². The first-order valence-corrected chi connectivity index (χ1v) is 8.71. The molecule has 132 valence electrons. The van der Waals surface area contributed by atoms with E-state index >= 15 is 0 Å². The molecule has 3 N–H and O–H groups in total. The third kappa shape index (κ3) is 5.87. The van der Waals surface area contributed by atoms with Crippen molar-refractivity contribution in [3.05, 3.63) is 35.9 Å². The van der Waals surface area contributed by atoms with Crippen molar-refractivity contribution in [2.75, 3.05) is 19.6 Å². The molecule has 24 heavy (non-hydrogen) atoms. The SMILES string of the molecule is CC(C)(CNC(=O)N1CCCC(CC(N)=O)C1)Cc1ccccc1. The number of benzene rings is 1. The molecule has 0 radical (unpaired) electrons. The second-order valence-electron chi connectivity index (χ2n) is 7.61. The molecule has 1 aliphatic heterocycles. The van der Waals surface area contributed by atoms with Crippen molar-refractivity contribution < 1.29 is 9.59 Å². The molecule has 1 atom stereocenters. The summed E-state index contributed by atoms with van der Waals surface area (Å²) in [5.74, 6) is -0.0921. The Labute approximate surface area is 144 Å². The Morgan fingerprint density at radius 2 is 2.00 bits per heavy atom. The summed E-state index contributed by atoms with van der Waals surface area (Å²) in [4.78, 5) is 25.3. The number of likely N-dealkylation sites (tertiary alicyclic amines) is 1. The summed E-state index contributed by atoms with van der Waals surface area (Å²) in [6, 6.07) is 10.3. The van der Waals surface area contributed by atoms with E-state index in [2.05, 4.69) is 31.3 Å². The Morgan fingerprint density at radius 3 is 2.67 bits per heavy atom. The maximum absolute atomic E-state index is 12.4. The van der Waals surface area contributed by atoms with Crippen LogP contribution in [0.2, 0.25) is 0 Å². The van der Waals surface area contributed by atoms with E-state index in [9.17, 15) is 9.59 Å². The van der Waals surface area contributed by atoms with Gasteiger partial charge in [0.25, 0.3) is 0 Å². The van der Waals surface area contributed by atoms with E-state index in [-0.39, 0.29) is 23.3 Å². The smallest absolute Gasteiger partial charge is 0.317 e. The number of nitrogens with zero attached hydrogens (tertiary/aromatic N) is 1. The molecule has 1 aromatic rings. The fraction of sp³-hybridized carbons (Fsp3) is 0.579. The van der Waals surface area contributed by atoms with E-state index in [1.807, 2.05) is 23.1 Å². The Kier molecular flexibility index (Phi) is 6.23. The number of piperidine rings is 1. The first-order valence-electron chi connectivity index (χ1n) is 8.71. The minimum Gasteiger partial charge on any atom is -0.370 e. The molecule has 5 heteroatoms. The van der Waals surface area contributed by atoms with Crippen LogP contribution in [0.25, 0.3) is 0 Å². The zero-order valence-electron chi connectivity index (χ0n) is 14.8. The molecule has 1 heterocycles. The van der Waals surface area contributed by atoms with Crippen LogP contribution in [-0.2, 0) is 11.2 Å². The van der Waals surface area contributed by atoms with Gasteiger partial charge in [-0.2, -0.15) is 0 Å². The van der Waals surface area contributed by atoms with Gasteiger partial charge in [0, 0.05) is 26.1 Å². The second-order valence-corrected chi connectivity index (χ2v) is 7.61. The summed E-state index contributed by atoms with van der Waals surface area (Å²) in [6.07, 6.45) is 3.17. The van der Waals surface area contributed by atoms with Crippen LogP contribution in [0.5, 0.6) is 0 Å². The van der Waals surface area contributed by atoms with Gasteiger partial charge in [0.2, 0.25) is 5.91 Å².